The molecule has 31 heteroatoms. The number of epoxide rings is 1. The number of allylic oxidation sites excluding steroid dienone is 3. The number of methoxy groups -OCH3 is 2. The second-order valence-electron chi connectivity index (χ2n) is 23.5. The Labute approximate surface area is 553 Å². The van der Waals surface area contributed by atoms with E-state index in [0.29, 0.717) is 23.4 Å². The van der Waals surface area contributed by atoms with E-state index in [4.69, 9.17) is 59.0 Å². The number of carbonyl (C=O) groups excluding carboxylic acids is 10. The molecule has 3 saturated heterocycles. The van der Waals surface area contributed by atoms with Gasteiger partial charge in [-0.15, -0.1) is 0 Å². The Morgan fingerprint density at radius 1 is 0.957 bits per heavy atom. The maximum Gasteiger partial charge on any atom is 0.412 e. The standard InChI is InChI=1S/C63H83ClN8O21S/c1-36-14-12-16-48(85-10)63(83)32-46(91-59(80)67-63)37(2)54-62(4,93-54)49(31-51(74)71(8)44-28-40(26-36)29-45(84-9)53(44)64)92-57(78)38(3)70(7)50(73)19-25-88-60(81)68(5)22-23-69(6)61(82)89-33-39-17-18-43(66-58(79)90-41-15-13-24-86-35-87-34-41)42(27-39)55(76)65-20-21-72-52(75)30-47(94-11)56(72)77/h12-18,27-29,37-38,41,46-49,54,83H,19-26,30-35H2,1-11H3,(H,65,76)(H,66,79)(H,67,80)/b15-13+,16-12+,36-14+/t37-,38+,41?,46+,47?,48-,49+,54+,62+,63+/m1/s1. The van der Waals surface area contributed by atoms with Crippen LogP contribution < -0.4 is 25.6 Å². The monoisotopic (exact) mass is 1350 g/mol. The Kier molecular flexibility index (Phi) is 25.7. The number of hydrogen-bond acceptors (Lipinski definition) is 22. The van der Waals surface area contributed by atoms with E-state index in [1.54, 1.807) is 56.5 Å². The normalized spacial score (nSPS) is 26.2. The lowest BCUT2D eigenvalue weighted by Gasteiger charge is -2.42. The van der Waals surface area contributed by atoms with Crippen molar-refractivity contribution in [2.24, 2.45) is 5.92 Å². The molecule has 29 nitrogen and oxygen atoms in total. The molecule has 5 aliphatic rings. The Morgan fingerprint density at radius 3 is 2.37 bits per heavy atom. The van der Waals surface area contributed by atoms with Crippen molar-refractivity contribution in [1.29, 1.82) is 0 Å². The van der Waals surface area contributed by atoms with Gasteiger partial charge in [0.05, 0.1) is 61.5 Å². The predicted molar refractivity (Wildman–Crippen MR) is 340 cm³/mol. The van der Waals surface area contributed by atoms with Crippen LogP contribution in [0.25, 0.3) is 0 Å². The average molecular weight is 1360 g/mol. The molecule has 0 radical (unpaired) electrons. The van der Waals surface area contributed by atoms with Crippen LogP contribution in [-0.4, -0.2) is 239 Å². The molecule has 0 spiro atoms. The largest absolute Gasteiger partial charge is 0.495 e. The van der Waals surface area contributed by atoms with E-state index in [1.807, 2.05) is 13.0 Å². The van der Waals surface area contributed by atoms with Crippen LogP contribution in [0.4, 0.5) is 30.6 Å². The summed E-state index contributed by atoms with van der Waals surface area (Å²) in [5.41, 5.74) is -1.05. The van der Waals surface area contributed by atoms with Gasteiger partial charge in [-0.05, 0) is 74.9 Å². The molecule has 2 aromatic rings. The molecule has 4 bridgehead atoms. The van der Waals surface area contributed by atoms with Gasteiger partial charge in [0, 0.05) is 80.2 Å². The molecule has 10 atom stereocenters. The molecule has 0 aliphatic carbocycles. The van der Waals surface area contributed by atoms with E-state index in [-0.39, 0.29) is 100 Å². The Morgan fingerprint density at radius 2 is 1.68 bits per heavy atom. The second-order valence-corrected chi connectivity index (χ2v) is 24.9. The van der Waals surface area contributed by atoms with Crippen molar-refractivity contribution in [3.8, 4) is 5.75 Å². The maximum atomic E-state index is 14.4. The summed E-state index contributed by atoms with van der Waals surface area (Å²) in [6.45, 7) is 5.93. The highest BCUT2D eigenvalue weighted by molar-refractivity contribution is 8.00. The number of thioether (sulfide) groups is 1. The Bertz CT molecular complexity index is 3260. The number of rotatable bonds is 20. The molecule has 2 unspecified atom stereocenters. The van der Waals surface area contributed by atoms with Crippen LogP contribution in [0.5, 0.6) is 5.75 Å². The zero-order chi connectivity index (χ0) is 68.8. The number of alkyl carbamates (subject to hydrolysis) is 1. The third kappa shape index (κ3) is 18.7. The van der Waals surface area contributed by atoms with Gasteiger partial charge in [-0.2, -0.15) is 11.8 Å². The number of likely N-dealkylation sites (N-methyl/N-ethyl adjacent to an activating group) is 3. The van der Waals surface area contributed by atoms with Gasteiger partial charge >= 0.3 is 30.3 Å². The zero-order valence-electron chi connectivity index (χ0n) is 54.4. The van der Waals surface area contributed by atoms with E-state index >= 15 is 0 Å². The fourth-order valence-electron chi connectivity index (χ4n) is 10.8. The number of carbonyl (C=O) groups is 10. The molecular weight excluding hydrogens is 1270 g/mol. The number of esters is 1. The second kappa shape index (κ2) is 32.9. The van der Waals surface area contributed by atoms with Crippen molar-refractivity contribution < 1.29 is 100 Å². The highest BCUT2D eigenvalue weighted by Gasteiger charge is 2.64. The van der Waals surface area contributed by atoms with E-state index < -0.39 is 120 Å². The van der Waals surface area contributed by atoms with Crippen molar-refractivity contribution in [2.75, 3.05) is 112 Å². The number of fused-ring (bicyclic) bond motifs is 5. The first kappa shape index (κ1) is 73.4. The smallest absolute Gasteiger partial charge is 0.412 e. The number of halogens is 1. The average Bonchev–Trinajstić information content (AvgIpc) is 1.57. The third-order valence-corrected chi connectivity index (χ3v) is 18.1. The van der Waals surface area contributed by atoms with Crippen molar-refractivity contribution in [2.45, 2.75) is 120 Å². The third-order valence-electron chi connectivity index (χ3n) is 16.8. The molecule has 9 amide bonds. The van der Waals surface area contributed by atoms with Gasteiger partial charge in [-0.1, -0.05) is 54.5 Å². The SMILES string of the molecule is COc1cc2cc(c1Cl)N(C)C(=O)C[C@H](OC(=O)[C@H](C)N(C)C(=O)CCOC(=O)N(C)CCN(C)C(=O)OCc1ccc(NC(=O)OC3/C=C/COCOC3)c(C(=O)NCCN3C(=O)CC(SC)C3=O)c1)[C@]1(C)O[C@H]1[C@H](C)[C@@H]1C[C@@](O)(NC(=O)O1)[C@H](OC)/C=C/C=C(\C)C2. The molecule has 514 valence electrons. The number of benzene rings is 2. The van der Waals surface area contributed by atoms with E-state index in [0.717, 1.165) is 20.9 Å². The molecular formula is C63H83ClN8O21S. The Hall–Kier alpha value is -8.00. The Balaban J connectivity index is 0.928. The minimum atomic E-state index is -1.92. The number of nitrogens with one attached hydrogen (secondary N) is 3. The van der Waals surface area contributed by atoms with Gasteiger partial charge in [0.15, 0.2) is 5.72 Å². The van der Waals surface area contributed by atoms with Crippen LogP contribution in [0.15, 0.2) is 66.3 Å². The fraction of sp³-hybridized carbons (Fsp3) is 0.556. The number of anilines is 2. The summed E-state index contributed by atoms with van der Waals surface area (Å²) >= 11 is 8.09. The minimum absolute atomic E-state index is 0.000229. The molecule has 94 heavy (non-hydrogen) atoms. The first-order valence-corrected chi connectivity index (χ1v) is 32.0. The molecule has 5 heterocycles. The quantitative estimate of drug-likeness (QED) is 0.0448. The van der Waals surface area contributed by atoms with Gasteiger partial charge in [-0.3, -0.25) is 39.5 Å². The number of likely N-dealkylation sites (tertiary alicyclic amines) is 1. The van der Waals surface area contributed by atoms with Crippen molar-refractivity contribution in [3.05, 3.63) is 88.0 Å². The molecule has 0 aromatic heterocycles. The van der Waals surface area contributed by atoms with Crippen molar-refractivity contribution in [3.63, 3.8) is 0 Å². The van der Waals surface area contributed by atoms with E-state index in [1.165, 1.54) is 94.0 Å². The summed E-state index contributed by atoms with van der Waals surface area (Å²) in [5, 5.41) is 19.3. The minimum Gasteiger partial charge on any atom is -0.495 e. The first-order valence-electron chi connectivity index (χ1n) is 30.3. The summed E-state index contributed by atoms with van der Waals surface area (Å²) in [5.74, 6) is -3.79. The van der Waals surface area contributed by atoms with Gasteiger partial charge in [0.1, 0.15) is 66.8 Å². The number of amides is 9. The fourth-order valence-corrected chi connectivity index (χ4v) is 11.8. The highest BCUT2D eigenvalue weighted by Crippen LogP contribution is 2.49. The van der Waals surface area contributed by atoms with Crippen LogP contribution >= 0.6 is 23.4 Å². The van der Waals surface area contributed by atoms with Gasteiger partial charge in [0.2, 0.25) is 23.6 Å². The summed E-state index contributed by atoms with van der Waals surface area (Å²) < 4.78 is 56.3. The predicted octanol–water partition coefficient (Wildman–Crippen LogP) is 4.94. The number of ether oxygens (including phenoxy) is 10. The maximum absolute atomic E-state index is 14.4. The molecule has 3 fully saturated rings. The van der Waals surface area contributed by atoms with Crippen molar-refractivity contribution in [1.82, 2.24) is 30.2 Å². The zero-order valence-corrected chi connectivity index (χ0v) is 56.0. The summed E-state index contributed by atoms with van der Waals surface area (Å²) in [4.78, 5) is 139. The molecule has 0 saturated carbocycles. The number of imide groups is 1. The van der Waals surface area contributed by atoms with Crippen LogP contribution in [0, 0.1) is 5.92 Å². The molecule has 2 aromatic carbocycles. The summed E-state index contributed by atoms with van der Waals surface area (Å²) in [6, 6.07) is 6.55. The number of hydrogen-bond donors (Lipinski definition) is 4. The van der Waals surface area contributed by atoms with Crippen LogP contribution in [0.3, 0.4) is 0 Å². The number of aliphatic hydroxyl groups is 1. The summed E-state index contributed by atoms with van der Waals surface area (Å²) in [6.07, 6.45) is 1.36. The highest BCUT2D eigenvalue weighted by atomic mass is 35.5. The lowest BCUT2D eigenvalue weighted by atomic mass is 9.83. The van der Waals surface area contributed by atoms with Gasteiger partial charge in [-0.25, -0.2) is 24.0 Å². The topological polar surface area (TPSA) is 339 Å². The molecule has 7 rings (SSSR count). The van der Waals surface area contributed by atoms with Crippen molar-refractivity contribution >= 4 is 94.6 Å². The van der Waals surface area contributed by atoms with E-state index in [9.17, 15) is 53.1 Å². The van der Waals surface area contributed by atoms with Crippen LogP contribution in [0.1, 0.15) is 74.9 Å². The van der Waals surface area contributed by atoms with Gasteiger partial charge in [0.25, 0.3) is 5.91 Å². The lowest BCUT2D eigenvalue weighted by Crippen LogP contribution is -2.63. The lowest BCUT2D eigenvalue weighted by molar-refractivity contribution is -0.162. The molecule has 4 N–H and O–H groups in total. The first-order chi connectivity index (χ1) is 44.6. The van der Waals surface area contributed by atoms with Crippen LogP contribution in [0.2, 0.25) is 5.02 Å². The number of nitrogens with zero attached hydrogens (tertiary/aromatic N) is 5. The van der Waals surface area contributed by atoms with E-state index in [2.05, 4.69) is 16.0 Å². The van der Waals surface area contributed by atoms with Crippen LogP contribution in [-0.2, 0) is 79.6 Å². The molecule has 5 aliphatic heterocycles. The van der Waals surface area contributed by atoms with Gasteiger partial charge < -0.3 is 77.4 Å². The summed E-state index contributed by atoms with van der Waals surface area (Å²) in [7, 11) is 8.55.